The third-order valence-corrected chi connectivity index (χ3v) is 4.48. The number of halogens is 2. The van der Waals surface area contributed by atoms with Gasteiger partial charge in [0, 0.05) is 30.4 Å². The van der Waals surface area contributed by atoms with Crippen LogP contribution in [0.15, 0.2) is 22.7 Å². The lowest BCUT2D eigenvalue weighted by molar-refractivity contribution is -0.181. The van der Waals surface area contributed by atoms with E-state index in [4.69, 9.17) is 9.47 Å². The number of ether oxygens (including phenoxy) is 2. The molecule has 4 nitrogen and oxygen atoms in total. The van der Waals surface area contributed by atoms with Gasteiger partial charge in [-0.1, -0.05) is 0 Å². The number of amides is 1. The third-order valence-electron chi connectivity index (χ3n) is 3.78. The molecule has 2 saturated heterocycles. The average molecular weight is 344 g/mol. The van der Waals surface area contributed by atoms with Gasteiger partial charge >= 0.3 is 0 Å². The van der Waals surface area contributed by atoms with E-state index < -0.39 is 11.6 Å². The molecule has 0 radical (unpaired) electrons. The molecule has 2 aliphatic rings. The molecule has 1 spiro atoms. The number of rotatable bonds is 1. The van der Waals surface area contributed by atoms with Crippen LogP contribution in [0.4, 0.5) is 4.39 Å². The summed E-state index contributed by atoms with van der Waals surface area (Å²) in [6.07, 6.45) is 1.32. The zero-order valence-corrected chi connectivity index (χ0v) is 12.5. The number of carbonyl (C=O) groups excluding carboxylic acids is 1. The lowest BCUT2D eigenvalue weighted by Gasteiger charge is -2.37. The van der Waals surface area contributed by atoms with Gasteiger partial charge in [0.25, 0.3) is 5.91 Å². The zero-order chi connectivity index (χ0) is 14.2. The van der Waals surface area contributed by atoms with Crippen molar-refractivity contribution in [1.82, 2.24) is 4.90 Å². The Kier molecular flexibility index (Phi) is 3.79. The van der Waals surface area contributed by atoms with Gasteiger partial charge in [-0.3, -0.25) is 4.79 Å². The van der Waals surface area contributed by atoms with Gasteiger partial charge in [0.1, 0.15) is 5.82 Å². The molecular formula is C14H15BrFNO3. The summed E-state index contributed by atoms with van der Waals surface area (Å²) < 4.78 is 25.1. The zero-order valence-electron chi connectivity index (χ0n) is 10.9. The van der Waals surface area contributed by atoms with Crippen molar-refractivity contribution in [2.75, 3.05) is 26.3 Å². The van der Waals surface area contributed by atoms with Crippen LogP contribution in [0.3, 0.4) is 0 Å². The highest BCUT2D eigenvalue weighted by Crippen LogP contribution is 2.32. The van der Waals surface area contributed by atoms with E-state index in [2.05, 4.69) is 15.9 Å². The summed E-state index contributed by atoms with van der Waals surface area (Å²) in [6, 6.07) is 4.14. The van der Waals surface area contributed by atoms with Crippen LogP contribution in [-0.2, 0) is 9.47 Å². The molecule has 3 rings (SSSR count). The van der Waals surface area contributed by atoms with Gasteiger partial charge in [0.15, 0.2) is 5.79 Å². The highest BCUT2D eigenvalue weighted by Gasteiger charge is 2.41. The average Bonchev–Trinajstić information content (AvgIpc) is 2.90. The summed E-state index contributed by atoms with van der Waals surface area (Å²) in [6.45, 7) is 2.34. The Balaban J connectivity index is 1.71. The topological polar surface area (TPSA) is 38.8 Å². The Bertz CT molecular complexity index is 521. The Labute approximate surface area is 125 Å². The number of piperidine rings is 1. The third kappa shape index (κ3) is 2.60. The second-order valence-corrected chi connectivity index (χ2v) is 5.88. The maximum Gasteiger partial charge on any atom is 0.255 e. The minimum Gasteiger partial charge on any atom is -0.347 e. The molecule has 1 amide bonds. The Morgan fingerprint density at radius 1 is 1.25 bits per heavy atom. The van der Waals surface area contributed by atoms with Crippen molar-refractivity contribution in [3.05, 3.63) is 34.1 Å². The van der Waals surface area contributed by atoms with E-state index in [1.165, 1.54) is 12.1 Å². The second kappa shape index (κ2) is 5.42. The van der Waals surface area contributed by atoms with Crippen molar-refractivity contribution in [1.29, 1.82) is 0 Å². The molecule has 6 heteroatoms. The minimum absolute atomic E-state index is 0.163. The van der Waals surface area contributed by atoms with Crippen LogP contribution < -0.4 is 0 Å². The number of nitrogens with zero attached hydrogens (tertiary/aromatic N) is 1. The predicted molar refractivity (Wildman–Crippen MR) is 73.9 cm³/mol. The summed E-state index contributed by atoms with van der Waals surface area (Å²) >= 11 is 3.29. The lowest BCUT2D eigenvalue weighted by Crippen LogP contribution is -2.47. The fraction of sp³-hybridized carbons (Fsp3) is 0.500. The molecule has 2 heterocycles. The van der Waals surface area contributed by atoms with Crippen LogP contribution in [-0.4, -0.2) is 42.9 Å². The summed E-state index contributed by atoms with van der Waals surface area (Å²) in [5, 5.41) is 0. The van der Waals surface area contributed by atoms with Gasteiger partial charge in [-0.15, -0.1) is 0 Å². The molecule has 0 saturated carbocycles. The van der Waals surface area contributed by atoms with Crippen molar-refractivity contribution in [3.8, 4) is 0 Å². The predicted octanol–water partition coefficient (Wildman–Crippen LogP) is 2.57. The summed E-state index contributed by atoms with van der Waals surface area (Å²) in [5.41, 5.74) is 0.356. The molecule has 0 unspecified atom stereocenters. The highest BCUT2D eigenvalue weighted by molar-refractivity contribution is 9.10. The van der Waals surface area contributed by atoms with Crippen LogP contribution in [0.5, 0.6) is 0 Å². The van der Waals surface area contributed by atoms with E-state index in [0.717, 1.165) is 0 Å². The van der Waals surface area contributed by atoms with Crippen molar-refractivity contribution in [2.45, 2.75) is 18.6 Å². The Morgan fingerprint density at radius 2 is 1.90 bits per heavy atom. The van der Waals surface area contributed by atoms with Gasteiger partial charge < -0.3 is 14.4 Å². The monoisotopic (exact) mass is 343 g/mol. The van der Waals surface area contributed by atoms with Crippen molar-refractivity contribution in [2.24, 2.45) is 0 Å². The van der Waals surface area contributed by atoms with Gasteiger partial charge in [-0.05, 0) is 34.1 Å². The molecule has 2 fully saturated rings. The molecule has 20 heavy (non-hydrogen) atoms. The van der Waals surface area contributed by atoms with Crippen LogP contribution in [0.25, 0.3) is 0 Å². The van der Waals surface area contributed by atoms with Crippen molar-refractivity contribution >= 4 is 21.8 Å². The number of hydrogen-bond acceptors (Lipinski definition) is 3. The number of benzene rings is 1. The largest absolute Gasteiger partial charge is 0.347 e. The molecule has 108 valence electrons. The van der Waals surface area contributed by atoms with Gasteiger partial charge in [-0.25, -0.2) is 4.39 Å². The SMILES string of the molecule is O=C(c1cc(F)ccc1Br)N1CCC2(CC1)OCCO2. The van der Waals surface area contributed by atoms with Crippen LogP contribution >= 0.6 is 15.9 Å². The second-order valence-electron chi connectivity index (χ2n) is 5.02. The maximum atomic E-state index is 13.3. The maximum absolute atomic E-state index is 13.3. The first-order chi connectivity index (χ1) is 9.60. The van der Waals surface area contributed by atoms with Crippen LogP contribution in [0.1, 0.15) is 23.2 Å². The van der Waals surface area contributed by atoms with E-state index in [0.29, 0.717) is 49.2 Å². The van der Waals surface area contributed by atoms with Crippen molar-refractivity contribution in [3.63, 3.8) is 0 Å². The fourth-order valence-electron chi connectivity index (χ4n) is 2.67. The molecule has 0 aliphatic carbocycles. The fourth-order valence-corrected chi connectivity index (χ4v) is 3.08. The first kappa shape index (κ1) is 14.0. The van der Waals surface area contributed by atoms with Crippen LogP contribution in [0, 0.1) is 5.82 Å². The van der Waals surface area contributed by atoms with Gasteiger partial charge in [0.05, 0.1) is 18.8 Å². The molecule has 0 atom stereocenters. The first-order valence-corrected chi connectivity index (χ1v) is 7.41. The van der Waals surface area contributed by atoms with Gasteiger partial charge in [-0.2, -0.15) is 0 Å². The first-order valence-electron chi connectivity index (χ1n) is 6.62. The molecule has 0 aromatic heterocycles. The van der Waals surface area contributed by atoms with E-state index in [1.54, 1.807) is 11.0 Å². The Hall–Kier alpha value is -0.980. The van der Waals surface area contributed by atoms with Gasteiger partial charge in [0.2, 0.25) is 0 Å². The summed E-state index contributed by atoms with van der Waals surface area (Å²) in [5.74, 6) is -1.08. The highest BCUT2D eigenvalue weighted by atomic mass is 79.9. The number of carbonyl (C=O) groups is 1. The summed E-state index contributed by atoms with van der Waals surface area (Å²) in [7, 11) is 0. The number of likely N-dealkylation sites (tertiary alicyclic amines) is 1. The normalized spacial score (nSPS) is 21.4. The molecule has 0 N–H and O–H groups in total. The standard InChI is InChI=1S/C14H15BrFNO3/c15-12-2-1-10(16)9-11(12)13(18)17-5-3-14(4-6-17)19-7-8-20-14/h1-2,9H,3-8H2. The minimum atomic E-state index is -0.504. The molecular weight excluding hydrogens is 329 g/mol. The van der Waals surface area contributed by atoms with E-state index in [1.807, 2.05) is 0 Å². The molecule has 1 aromatic rings. The quantitative estimate of drug-likeness (QED) is 0.786. The van der Waals surface area contributed by atoms with E-state index >= 15 is 0 Å². The number of hydrogen-bond donors (Lipinski definition) is 0. The molecule has 2 aliphatic heterocycles. The molecule has 1 aromatic carbocycles. The molecule has 0 bridgehead atoms. The van der Waals surface area contributed by atoms with E-state index in [-0.39, 0.29) is 5.91 Å². The van der Waals surface area contributed by atoms with E-state index in [9.17, 15) is 9.18 Å². The summed E-state index contributed by atoms with van der Waals surface area (Å²) in [4.78, 5) is 14.1. The Morgan fingerprint density at radius 3 is 2.55 bits per heavy atom. The van der Waals surface area contributed by atoms with Crippen LogP contribution in [0.2, 0.25) is 0 Å². The smallest absolute Gasteiger partial charge is 0.255 e. The van der Waals surface area contributed by atoms with Crippen molar-refractivity contribution < 1.29 is 18.7 Å². The lowest BCUT2D eigenvalue weighted by atomic mass is 10.0.